The lowest BCUT2D eigenvalue weighted by Gasteiger charge is -2.10. The van der Waals surface area contributed by atoms with Gasteiger partial charge in [0.1, 0.15) is 0 Å². The summed E-state index contributed by atoms with van der Waals surface area (Å²) in [4.78, 5) is 0.266. The Hall–Kier alpha value is -1.33. The van der Waals surface area contributed by atoms with Crippen LogP contribution in [-0.4, -0.2) is 8.42 Å². The number of hydrogen-bond donors (Lipinski definition) is 1. The molecule has 1 N–H and O–H groups in total. The van der Waals surface area contributed by atoms with Crippen molar-refractivity contribution >= 4 is 31.6 Å². The Morgan fingerprint density at radius 3 is 2.30 bits per heavy atom. The van der Waals surface area contributed by atoms with Crippen LogP contribution in [0.2, 0.25) is 0 Å². The van der Waals surface area contributed by atoms with Gasteiger partial charge in [0.15, 0.2) is 0 Å². The second-order valence-corrected chi connectivity index (χ2v) is 7.12. The number of halogens is 1. The number of anilines is 1. The van der Waals surface area contributed by atoms with Crippen molar-refractivity contribution in [3.05, 3.63) is 58.1 Å². The molecule has 2 rings (SSSR count). The summed E-state index contributed by atoms with van der Waals surface area (Å²) in [5.74, 6) is 0. The van der Waals surface area contributed by atoms with Gasteiger partial charge >= 0.3 is 0 Å². The summed E-state index contributed by atoms with van der Waals surface area (Å²) in [5, 5.41) is 0. The maximum Gasteiger partial charge on any atom is 0.261 e. The van der Waals surface area contributed by atoms with Gasteiger partial charge < -0.3 is 0 Å². The molecule has 0 aliphatic carbocycles. The molecule has 2 aromatic rings. The molecule has 20 heavy (non-hydrogen) atoms. The normalized spacial score (nSPS) is 11.3. The highest BCUT2D eigenvalue weighted by Crippen LogP contribution is 2.26. The van der Waals surface area contributed by atoms with Crippen LogP contribution in [-0.2, 0) is 16.4 Å². The predicted octanol–water partition coefficient (Wildman–Crippen LogP) is 4.12. The van der Waals surface area contributed by atoms with Crippen LogP contribution in [0.3, 0.4) is 0 Å². The van der Waals surface area contributed by atoms with Crippen LogP contribution in [0, 0.1) is 6.92 Å². The van der Waals surface area contributed by atoms with Gasteiger partial charge in [-0.05, 0) is 64.7 Å². The third-order valence-electron chi connectivity index (χ3n) is 3.01. The summed E-state index contributed by atoms with van der Waals surface area (Å²) in [6, 6.07) is 12.4. The van der Waals surface area contributed by atoms with E-state index in [4.69, 9.17) is 0 Å². The highest BCUT2D eigenvalue weighted by Gasteiger charge is 2.15. The van der Waals surface area contributed by atoms with E-state index < -0.39 is 10.0 Å². The standard InChI is InChI=1S/C15H16BrNO2S/c1-3-12-5-7-13(8-6-12)20(18,19)17-15-9-4-11(2)10-14(15)16/h4-10,17H,3H2,1-2H3. The molecular formula is C15H16BrNO2S. The Bertz CT molecular complexity index is 709. The molecule has 0 spiro atoms. The Kier molecular flexibility index (Phi) is 4.50. The van der Waals surface area contributed by atoms with Gasteiger partial charge in [-0.3, -0.25) is 4.72 Å². The number of benzene rings is 2. The third-order valence-corrected chi connectivity index (χ3v) is 5.05. The van der Waals surface area contributed by atoms with Crippen molar-refractivity contribution in [2.75, 3.05) is 4.72 Å². The number of sulfonamides is 1. The zero-order valence-corrected chi connectivity index (χ0v) is 13.8. The van der Waals surface area contributed by atoms with Crippen molar-refractivity contribution in [1.29, 1.82) is 0 Å². The zero-order chi connectivity index (χ0) is 14.8. The van der Waals surface area contributed by atoms with Crippen LogP contribution in [0.1, 0.15) is 18.1 Å². The van der Waals surface area contributed by atoms with Crippen molar-refractivity contribution in [1.82, 2.24) is 0 Å². The summed E-state index contributed by atoms with van der Waals surface area (Å²) >= 11 is 3.37. The van der Waals surface area contributed by atoms with E-state index in [9.17, 15) is 8.42 Å². The Morgan fingerprint density at radius 2 is 1.75 bits per heavy atom. The van der Waals surface area contributed by atoms with Crippen molar-refractivity contribution in [3.63, 3.8) is 0 Å². The van der Waals surface area contributed by atoms with Crippen LogP contribution in [0.25, 0.3) is 0 Å². The summed E-state index contributed by atoms with van der Waals surface area (Å²) in [5.41, 5.74) is 2.71. The second kappa shape index (κ2) is 5.97. The van der Waals surface area contributed by atoms with Crippen LogP contribution in [0.4, 0.5) is 5.69 Å². The lowest BCUT2D eigenvalue weighted by Crippen LogP contribution is -2.13. The molecule has 0 fully saturated rings. The first-order valence-electron chi connectivity index (χ1n) is 6.30. The maximum absolute atomic E-state index is 12.3. The van der Waals surface area contributed by atoms with Gasteiger partial charge in [0.2, 0.25) is 0 Å². The van der Waals surface area contributed by atoms with Crippen molar-refractivity contribution in [2.24, 2.45) is 0 Å². The number of hydrogen-bond acceptors (Lipinski definition) is 2. The number of aryl methyl sites for hydroxylation is 2. The molecule has 106 valence electrons. The fraction of sp³-hybridized carbons (Fsp3) is 0.200. The molecule has 0 atom stereocenters. The van der Waals surface area contributed by atoms with E-state index in [2.05, 4.69) is 20.7 Å². The van der Waals surface area contributed by atoms with E-state index in [1.54, 1.807) is 18.2 Å². The Balaban J connectivity index is 2.30. The van der Waals surface area contributed by atoms with Crippen molar-refractivity contribution < 1.29 is 8.42 Å². The minimum Gasteiger partial charge on any atom is -0.278 e. The molecule has 0 aromatic heterocycles. The van der Waals surface area contributed by atoms with Gasteiger partial charge in [-0.2, -0.15) is 0 Å². The summed E-state index contributed by atoms with van der Waals surface area (Å²) in [6.07, 6.45) is 0.886. The first-order valence-corrected chi connectivity index (χ1v) is 8.58. The first kappa shape index (κ1) is 15.1. The Morgan fingerprint density at radius 1 is 1.10 bits per heavy atom. The summed E-state index contributed by atoms with van der Waals surface area (Å²) in [6.45, 7) is 3.98. The van der Waals surface area contributed by atoms with Gasteiger partial charge in [-0.15, -0.1) is 0 Å². The summed E-state index contributed by atoms with van der Waals surface area (Å²) < 4.78 is 27.9. The van der Waals surface area contributed by atoms with Gasteiger partial charge in [0.05, 0.1) is 10.6 Å². The van der Waals surface area contributed by atoms with Crippen molar-refractivity contribution in [3.8, 4) is 0 Å². The summed E-state index contributed by atoms with van der Waals surface area (Å²) in [7, 11) is -3.55. The minimum absolute atomic E-state index is 0.266. The molecule has 0 radical (unpaired) electrons. The quantitative estimate of drug-likeness (QED) is 0.898. The smallest absolute Gasteiger partial charge is 0.261 e. The van der Waals surface area contributed by atoms with E-state index in [1.165, 1.54) is 0 Å². The van der Waals surface area contributed by atoms with Crippen molar-refractivity contribution in [2.45, 2.75) is 25.2 Å². The average Bonchev–Trinajstić information content (AvgIpc) is 2.42. The van der Waals surface area contributed by atoms with Crippen LogP contribution in [0.5, 0.6) is 0 Å². The average molecular weight is 354 g/mol. The van der Waals surface area contributed by atoms with E-state index in [0.717, 1.165) is 22.0 Å². The van der Waals surface area contributed by atoms with E-state index in [-0.39, 0.29) is 4.90 Å². The number of rotatable bonds is 4. The molecule has 0 aliphatic heterocycles. The predicted molar refractivity (Wildman–Crippen MR) is 85.5 cm³/mol. The highest BCUT2D eigenvalue weighted by atomic mass is 79.9. The van der Waals surface area contributed by atoms with Crippen LogP contribution >= 0.6 is 15.9 Å². The molecule has 0 amide bonds. The van der Waals surface area contributed by atoms with E-state index in [0.29, 0.717) is 5.69 Å². The Labute approximate surface area is 128 Å². The fourth-order valence-corrected chi connectivity index (χ4v) is 3.61. The van der Waals surface area contributed by atoms with Crippen LogP contribution in [0.15, 0.2) is 51.8 Å². The van der Waals surface area contributed by atoms with Crippen LogP contribution < -0.4 is 4.72 Å². The lowest BCUT2D eigenvalue weighted by atomic mass is 10.2. The SMILES string of the molecule is CCc1ccc(S(=O)(=O)Nc2ccc(C)cc2Br)cc1. The zero-order valence-electron chi connectivity index (χ0n) is 11.4. The molecular weight excluding hydrogens is 338 g/mol. The topological polar surface area (TPSA) is 46.2 Å². The molecule has 0 bridgehead atoms. The van der Waals surface area contributed by atoms with Gasteiger partial charge in [-0.25, -0.2) is 8.42 Å². The molecule has 3 nitrogen and oxygen atoms in total. The van der Waals surface area contributed by atoms with Gasteiger partial charge in [-0.1, -0.05) is 25.1 Å². The van der Waals surface area contributed by atoms with E-state index >= 15 is 0 Å². The molecule has 0 saturated carbocycles. The van der Waals surface area contributed by atoms with E-state index in [1.807, 2.05) is 38.1 Å². The van der Waals surface area contributed by atoms with Gasteiger partial charge in [0.25, 0.3) is 10.0 Å². The second-order valence-electron chi connectivity index (χ2n) is 4.59. The fourth-order valence-electron chi connectivity index (χ4n) is 1.81. The number of nitrogens with one attached hydrogen (secondary N) is 1. The maximum atomic E-state index is 12.3. The molecule has 0 unspecified atom stereocenters. The molecule has 0 heterocycles. The molecule has 5 heteroatoms. The lowest BCUT2D eigenvalue weighted by molar-refractivity contribution is 0.601. The molecule has 0 saturated heterocycles. The largest absolute Gasteiger partial charge is 0.278 e. The third kappa shape index (κ3) is 3.41. The monoisotopic (exact) mass is 353 g/mol. The molecule has 2 aromatic carbocycles. The highest BCUT2D eigenvalue weighted by molar-refractivity contribution is 9.10. The minimum atomic E-state index is -3.55. The first-order chi connectivity index (χ1) is 9.42. The molecule has 0 aliphatic rings. The van der Waals surface area contributed by atoms with Gasteiger partial charge in [0, 0.05) is 4.47 Å².